The first-order valence-electron chi connectivity index (χ1n) is 9.04. The quantitative estimate of drug-likeness (QED) is 0.567. The molecule has 0 heterocycles. The van der Waals surface area contributed by atoms with E-state index in [1.165, 1.54) is 0 Å². The van der Waals surface area contributed by atoms with Crippen LogP contribution in [0.15, 0.2) is 72.8 Å². The highest BCUT2D eigenvalue weighted by molar-refractivity contribution is 5.70. The van der Waals surface area contributed by atoms with Crippen LogP contribution in [0.1, 0.15) is 5.56 Å². The Balaban J connectivity index is 1.65. The Labute approximate surface area is 160 Å². The van der Waals surface area contributed by atoms with Crippen LogP contribution in [-0.2, 0) is 6.54 Å². The average Bonchev–Trinajstić information content (AvgIpc) is 2.73. The van der Waals surface area contributed by atoms with Gasteiger partial charge in [0.2, 0.25) is 0 Å². The van der Waals surface area contributed by atoms with E-state index in [4.69, 9.17) is 14.2 Å². The molecule has 0 amide bonds. The summed E-state index contributed by atoms with van der Waals surface area (Å²) in [7, 11) is 3.56. The molecule has 1 N–H and O–H groups in total. The Kier molecular flexibility index (Phi) is 6.72. The molecule has 0 bridgehead atoms. The van der Waals surface area contributed by atoms with Crippen LogP contribution in [0.5, 0.6) is 17.2 Å². The van der Waals surface area contributed by atoms with Crippen molar-refractivity contribution in [2.24, 2.45) is 0 Å². The van der Waals surface area contributed by atoms with Crippen molar-refractivity contribution in [1.82, 2.24) is 5.32 Å². The average molecular weight is 363 g/mol. The number of benzene rings is 3. The number of para-hydroxylation sites is 2. The zero-order chi connectivity index (χ0) is 18.9. The van der Waals surface area contributed by atoms with Crippen molar-refractivity contribution in [2.75, 3.05) is 27.4 Å². The van der Waals surface area contributed by atoms with Gasteiger partial charge in [-0.05, 0) is 24.7 Å². The third kappa shape index (κ3) is 4.80. The minimum Gasteiger partial charge on any atom is -0.493 e. The maximum absolute atomic E-state index is 6.01. The minimum atomic E-state index is 0.431. The summed E-state index contributed by atoms with van der Waals surface area (Å²) in [5.41, 5.74) is 3.27. The fraction of sp³-hybridized carbons (Fsp3) is 0.217. The number of hydrogen-bond acceptors (Lipinski definition) is 4. The summed E-state index contributed by atoms with van der Waals surface area (Å²) in [4.78, 5) is 0. The van der Waals surface area contributed by atoms with Crippen LogP contribution in [0.2, 0.25) is 0 Å². The van der Waals surface area contributed by atoms with Crippen LogP contribution >= 0.6 is 0 Å². The van der Waals surface area contributed by atoms with Gasteiger partial charge in [0.1, 0.15) is 19.0 Å². The summed E-state index contributed by atoms with van der Waals surface area (Å²) >= 11 is 0. The van der Waals surface area contributed by atoms with Crippen LogP contribution in [0.25, 0.3) is 11.1 Å². The minimum absolute atomic E-state index is 0.431. The second kappa shape index (κ2) is 9.64. The van der Waals surface area contributed by atoms with Gasteiger partial charge in [-0.25, -0.2) is 0 Å². The van der Waals surface area contributed by atoms with E-state index in [-0.39, 0.29) is 0 Å². The van der Waals surface area contributed by atoms with Crippen LogP contribution in [-0.4, -0.2) is 27.4 Å². The first-order chi connectivity index (χ1) is 13.3. The fourth-order valence-corrected chi connectivity index (χ4v) is 2.96. The van der Waals surface area contributed by atoms with Crippen LogP contribution in [0.3, 0.4) is 0 Å². The Hall–Kier alpha value is -2.98. The van der Waals surface area contributed by atoms with E-state index in [0.717, 1.165) is 33.9 Å². The standard InChI is InChI=1S/C23H25NO3/c1-24-17-19-11-8-14-22(25-2)23(19)27-16-15-26-21-13-7-6-12-20(21)18-9-4-3-5-10-18/h3-14,24H,15-17H2,1-2H3. The second-order valence-corrected chi connectivity index (χ2v) is 6.04. The number of rotatable bonds is 9. The Morgan fingerprint density at radius 3 is 2.22 bits per heavy atom. The van der Waals surface area contributed by atoms with Gasteiger partial charge in [-0.3, -0.25) is 0 Å². The van der Waals surface area contributed by atoms with Crippen molar-refractivity contribution < 1.29 is 14.2 Å². The van der Waals surface area contributed by atoms with E-state index in [1.54, 1.807) is 7.11 Å². The molecule has 27 heavy (non-hydrogen) atoms. The molecular formula is C23H25NO3. The molecule has 0 unspecified atom stereocenters. The van der Waals surface area contributed by atoms with Crippen molar-refractivity contribution in [3.05, 3.63) is 78.4 Å². The van der Waals surface area contributed by atoms with Gasteiger partial charge >= 0.3 is 0 Å². The normalized spacial score (nSPS) is 10.4. The summed E-state index contributed by atoms with van der Waals surface area (Å²) in [6, 6.07) is 24.2. The highest BCUT2D eigenvalue weighted by atomic mass is 16.5. The zero-order valence-corrected chi connectivity index (χ0v) is 15.8. The van der Waals surface area contributed by atoms with Gasteiger partial charge < -0.3 is 19.5 Å². The van der Waals surface area contributed by atoms with Crippen molar-refractivity contribution >= 4 is 0 Å². The van der Waals surface area contributed by atoms with Gasteiger partial charge in [0.15, 0.2) is 11.5 Å². The predicted octanol–water partition coefficient (Wildman–Crippen LogP) is 4.54. The molecule has 140 valence electrons. The Morgan fingerprint density at radius 1 is 0.741 bits per heavy atom. The summed E-state index contributed by atoms with van der Waals surface area (Å²) in [5, 5.41) is 3.15. The largest absolute Gasteiger partial charge is 0.493 e. The lowest BCUT2D eigenvalue weighted by Gasteiger charge is -2.16. The molecule has 0 atom stereocenters. The SMILES string of the molecule is CNCc1cccc(OC)c1OCCOc1ccccc1-c1ccccc1. The van der Waals surface area contributed by atoms with Crippen molar-refractivity contribution in [2.45, 2.75) is 6.54 Å². The number of methoxy groups -OCH3 is 1. The number of hydrogen-bond donors (Lipinski definition) is 1. The zero-order valence-electron chi connectivity index (χ0n) is 15.8. The van der Waals surface area contributed by atoms with Gasteiger partial charge in [0.05, 0.1) is 7.11 Å². The van der Waals surface area contributed by atoms with Crippen LogP contribution in [0.4, 0.5) is 0 Å². The van der Waals surface area contributed by atoms with Gasteiger partial charge in [-0.1, -0.05) is 60.7 Å². The molecule has 3 aromatic rings. The molecule has 4 heteroatoms. The number of ether oxygens (including phenoxy) is 3. The summed E-state index contributed by atoms with van der Waals surface area (Å²) in [6.07, 6.45) is 0. The fourth-order valence-electron chi connectivity index (χ4n) is 2.96. The lowest BCUT2D eigenvalue weighted by molar-refractivity contribution is 0.210. The van der Waals surface area contributed by atoms with Crippen molar-refractivity contribution in [1.29, 1.82) is 0 Å². The van der Waals surface area contributed by atoms with Crippen LogP contribution < -0.4 is 19.5 Å². The third-order valence-corrected chi connectivity index (χ3v) is 4.21. The number of nitrogens with one attached hydrogen (secondary N) is 1. The van der Waals surface area contributed by atoms with E-state index in [2.05, 4.69) is 23.5 Å². The summed E-state index contributed by atoms with van der Waals surface area (Å²) < 4.78 is 17.4. The van der Waals surface area contributed by atoms with Crippen molar-refractivity contribution in [3.8, 4) is 28.4 Å². The Morgan fingerprint density at radius 2 is 1.44 bits per heavy atom. The Bertz CT molecular complexity index is 849. The maximum Gasteiger partial charge on any atom is 0.165 e. The van der Waals surface area contributed by atoms with Gasteiger partial charge in [0, 0.05) is 17.7 Å². The third-order valence-electron chi connectivity index (χ3n) is 4.21. The smallest absolute Gasteiger partial charge is 0.165 e. The van der Waals surface area contributed by atoms with E-state index in [0.29, 0.717) is 19.8 Å². The van der Waals surface area contributed by atoms with E-state index >= 15 is 0 Å². The second-order valence-electron chi connectivity index (χ2n) is 6.04. The first-order valence-corrected chi connectivity index (χ1v) is 9.04. The summed E-state index contributed by atoms with van der Waals surface area (Å²) in [5.74, 6) is 2.34. The van der Waals surface area contributed by atoms with Gasteiger partial charge in [0.25, 0.3) is 0 Å². The molecule has 0 spiro atoms. The molecule has 0 radical (unpaired) electrons. The van der Waals surface area contributed by atoms with Crippen LogP contribution in [0, 0.1) is 0 Å². The molecule has 0 aliphatic heterocycles. The molecule has 4 nitrogen and oxygen atoms in total. The first kappa shape index (κ1) is 18.8. The molecule has 3 rings (SSSR count). The predicted molar refractivity (Wildman–Crippen MR) is 109 cm³/mol. The molecular weight excluding hydrogens is 338 g/mol. The lowest BCUT2D eigenvalue weighted by Crippen LogP contribution is -2.13. The molecule has 0 saturated heterocycles. The maximum atomic E-state index is 6.01. The van der Waals surface area contributed by atoms with E-state index in [9.17, 15) is 0 Å². The monoisotopic (exact) mass is 363 g/mol. The highest BCUT2D eigenvalue weighted by Gasteiger charge is 2.10. The van der Waals surface area contributed by atoms with Gasteiger partial charge in [-0.2, -0.15) is 0 Å². The topological polar surface area (TPSA) is 39.7 Å². The lowest BCUT2D eigenvalue weighted by atomic mass is 10.1. The molecule has 0 saturated carbocycles. The highest BCUT2D eigenvalue weighted by Crippen LogP contribution is 2.32. The molecule has 0 aliphatic carbocycles. The summed E-state index contributed by atoms with van der Waals surface area (Å²) in [6.45, 7) is 1.59. The van der Waals surface area contributed by atoms with Gasteiger partial charge in [-0.15, -0.1) is 0 Å². The molecule has 0 aromatic heterocycles. The van der Waals surface area contributed by atoms with E-state index in [1.807, 2.05) is 61.6 Å². The van der Waals surface area contributed by atoms with Crippen molar-refractivity contribution in [3.63, 3.8) is 0 Å². The molecule has 3 aromatic carbocycles. The van der Waals surface area contributed by atoms with E-state index < -0.39 is 0 Å². The molecule has 0 fully saturated rings. The molecule has 0 aliphatic rings.